The highest BCUT2D eigenvalue weighted by molar-refractivity contribution is 5.90. The van der Waals surface area contributed by atoms with E-state index < -0.39 is 11.6 Å². The molecule has 46 heavy (non-hydrogen) atoms. The summed E-state index contributed by atoms with van der Waals surface area (Å²) in [5.41, 5.74) is 3.73. The Labute approximate surface area is 270 Å². The highest BCUT2D eigenvalue weighted by Crippen LogP contribution is 2.42. The number of carbonyl (C=O) groups is 2. The van der Waals surface area contributed by atoms with Crippen molar-refractivity contribution in [2.45, 2.75) is 103 Å². The average molecular weight is 628 g/mol. The van der Waals surface area contributed by atoms with Crippen LogP contribution in [0.3, 0.4) is 0 Å². The zero-order valence-electron chi connectivity index (χ0n) is 27.4. The van der Waals surface area contributed by atoms with Crippen LogP contribution in [0.5, 0.6) is 5.75 Å². The summed E-state index contributed by atoms with van der Waals surface area (Å²) >= 11 is 0. The molecule has 3 aliphatic heterocycles. The van der Waals surface area contributed by atoms with Gasteiger partial charge in [0.1, 0.15) is 12.4 Å². The molecule has 1 saturated carbocycles. The Hall–Kier alpha value is -3.72. The van der Waals surface area contributed by atoms with Crippen LogP contribution in [0.2, 0.25) is 0 Å². The number of cyclic esters (lactones) is 1. The van der Waals surface area contributed by atoms with E-state index in [4.69, 9.17) is 19.2 Å². The van der Waals surface area contributed by atoms with Crippen molar-refractivity contribution in [3.05, 3.63) is 56.9 Å². The molecule has 1 atom stereocenters. The van der Waals surface area contributed by atoms with Crippen molar-refractivity contribution in [1.82, 2.24) is 14.5 Å². The highest BCUT2D eigenvalue weighted by Gasteiger charge is 2.47. The number of methoxy groups -OCH3 is 1. The SMILES string of the molecule is CCc1c2c(nc3ccc(OC(=O)N4CCC(C5CCCCCCC5)CC4)cc13)-c1cc3c(c(=O)n1C2)COC(=O)[C@]3(CC)OC. The van der Waals surface area contributed by atoms with E-state index in [1.54, 1.807) is 10.6 Å². The van der Waals surface area contributed by atoms with E-state index in [9.17, 15) is 14.4 Å². The van der Waals surface area contributed by atoms with Crippen LogP contribution in [-0.4, -0.2) is 46.7 Å². The van der Waals surface area contributed by atoms with Crippen molar-refractivity contribution in [3.8, 4) is 17.1 Å². The molecule has 9 heteroatoms. The van der Waals surface area contributed by atoms with Gasteiger partial charge < -0.3 is 23.7 Å². The van der Waals surface area contributed by atoms with Gasteiger partial charge in [0, 0.05) is 36.7 Å². The van der Waals surface area contributed by atoms with Crippen LogP contribution in [0.25, 0.3) is 22.3 Å². The van der Waals surface area contributed by atoms with Gasteiger partial charge in [-0.1, -0.05) is 58.8 Å². The molecule has 5 heterocycles. The maximum absolute atomic E-state index is 13.8. The highest BCUT2D eigenvalue weighted by atomic mass is 16.6. The van der Waals surface area contributed by atoms with Crippen molar-refractivity contribution in [3.63, 3.8) is 0 Å². The largest absolute Gasteiger partial charge is 0.458 e. The summed E-state index contributed by atoms with van der Waals surface area (Å²) in [6.07, 6.45) is 12.4. The van der Waals surface area contributed by atoms with Crippen LogP contribution in [-0.2, 0) is 39.4 Å². The van der Waals surface area contributed by atoms with Gasteiger partial charge in [0.2, 0.25) is 0 Å². The predicted octanol–water partition coefficient (Wildman–Crippen LogP) is 6.87. The summed E-state index contributed by atoms with van der Waals surface area (Å²) in [4.78, 5) is 46.8. The number of hydrogen-bond acceptors (Lipinski definition) is 7. The summed E-state index contributed by atoms with van der Waals surface area (Å²) in [7, 11) is 1.48. The number of hydrogen-bond donors (Lipinski definition) is 0. The number of amides is 1. The zero-order chi connectivity index (χ0) is 32.0. The fourth-order valence-corrected chi connectivity index (χ4v) is 8.61. The first kappa shape index (κ1) is 30.9. The van der Waals surface area contributed by atoms with Crippen LogP contribution in [0.15, 0.2) is 29.1 Å². The van der Waals surface area contributed by atoms with Crippen molar-refractivity contribution in [2.75, 3.05) is 20.2 Å². The minimum atomic E-state index is -1.32. The first-order chi connectivity index (χ1) is 22.4. The number of piperidine rings is 1. The Morgan fingerprint density at radius 2 is 1.70 bits per heavy atom. The summed E-state index contributed by atoms with van der Waals surface area (Å²) in [5.74, 6) is 1.54. The molecule has 9 nitrogen and oxygen atoms in total. The molecule has 0 N–H and O–H groups in total. The van der Waals surface area contributed by atoms with E-state index in [-0.39, 0.29) is 18.3 Å². The van der Waals surface area contributed by atoms with Crippen molar-refractivity contribution >= 4 is 23.0 Å². The Kier molecular flexibility index (Phi) is 8.38. The van der Waals surface area contributed by atoms with Gasteiger partial charge in [0.05, 0.1) is 29.0 Å². The monoisotopic (exact) mass is 627 g/mol. The third kappa shape index (κ3) is 5.11. The van der Waals surface area contributed by atoms with E-state index in [1.165, 1.54) is 52.1 Å². The van der Waals surface area contributed by atoms with E-state index in [2.05, 4.69) is 6.92 Å². The number of aromatic nitrogens is 2. The normalized spacial score (nSPS) is 22.1. The maximum atomic E-state index is 13.8. The molecule has 2 aromatic heterocycles. The Morgan fingerprint density at radius 1 is 0.978 bits per heavy atom. The lowest BCUT2D eigenvalue weighted by Crippen LogP contribution is -2.45. The minimum Gasteiger partial charge on any atom is -0.458 e. The van der Waals surface area contributed by atoms with Crippen molar-refractivity contribution < 1.29 is 23.8 Å². The summed E-state index contributed by atoms with van der Waals surface area (Å²) in [6, 6.07) is 7.50. The van der Waals surface area contributed by atoms with E-state index >= 15 is 0 Å². The Bertz CT molecular complexity index is 1730. The van der Waals surface area contributed by atoms with Gasteiger partial charge in [-0.05, 0) is 67.3 Å². The van der Waals surface area contributed by atoms with Gasteiger partial charge in [-0.25, -0.2) is 14.6 Å². The second kappa shape index (κ2) is 12.5. The summed E-state index contributed by atoms with van der Waals surface area (Å²) in [6.45, 7) is 5.74. The lowest BCUT2D eigenvalue weighted by molar-refractivity contribution is -0.176. The third-order valence-electron chi connectivity index (χ3n) is 11.3. The van der Waals surface area contributed by atoms with Crippen molar-refractivity contribution in [2.24, 2.45) is 11.8 Å². The Morgan fingerprint density at radius 3 is 2.39 bits per heavy atom. The number of aryl methyl sites for hydroxylation is 1. The second-order valence-electron chi connectivity index (χ2n) is 13.5. The van der Waals surface area contributed by atoms with Crippen LogP contribution in [0, 0.1) is 11.8 Å². The molecule has 4 aliphatic rings. The average Bonchev–Trinajstić information content (AvgIpc) is 3.42. The van der Waals surface area contributed by atoms with Gasteiger partial charge in [-0.2, -0.15) is 0 Å². The molecular formula is C37H45N3O6. The fraction of sp³-hybridized carbons (Fsp3) is 0.568. The van der Waals surface area contributed by atoms with Gasteiger partial charge in [-0.15, -0.1) is 0 Å². The number of benzene rings is 1. The molecule has 0 unspecified atom stereocenters. The lowest BCUT2D eigenvalue weighted by atomic mass is 9.77. The third-order valence-corrected chi connectivity index (χ3v) is 11.3. The minimum absolute atomic E-state index is 0.0717. The predicted molar refractivity (Wildman–Crippen MR) is 175 cm³/mol. The topological polar surface area (TPSA) is 100.0 Å². The lowest BCUT2D eigenvalue weighted by Gasteiger charge is -2.36. The van der Waals surface area contributed by atoms with Gasteiger partial charge >= 0.3 is 12.1 Å². The summed E-state index contributed by atoms with van der Waals surface area (Å²) in [5, 5.41) is 0.915. The van der Waals surface area contributed by atoms with Gasteiger partial charge in [0.25, 0.3) is 5.56 Å². The number of pyridine rings is 2. The van der Waals surface area contributed by atoms with Crippen LogP contribution in [0.4, 0.5) is 4.79 Å². The van der Waals surface area contributed by atoms with Crippen molar-refractivity contribution in [1.29, 1.82) is 0 Å². The Balaban J connectivity index is 1.14. The second-order valence-corrected chi connectivity index (χ2v) is 13.5. The standard InChI is InChI=1S/C37H45N3O6/c1-4-26-27-19-25(46-36(43)39-17-15-24(16-18-39)23-11-9-7-6-8-10-12-23)13-14-31(27)38-33-28(26)21-40-32(33)20-30-29(34(40)41)22-45-35(42)37(30,5-2)44-3/h13-14,19-20,23-24H,4-12,15-18,21-22H2,1-3H3/t37-/m1/s1. The number of fused-ring (bicyclic) bond motifs is 5. The van der Waals surface area contributed by atoms with Gasteiger partial charge in [-0.3, -0.25) is 4.79 Å². The molecule has 3 aromatic rings. The maximum Gasteiger partial charge on any atom is 0.415 e. The first-order valence-electron chi connectivity index (χ1n) is 17.3. The number of likely N-dealkylation sites (tertiary alicyclic amines) is 1. The van der Waals surface area contributed by atoms with Crippen LogP contribution < -0.4 is 10.3 Å². The quantitative estimate of drug-likeness (QED) is 0.223. The molecule has 1 saturated heterocycles. The van der Waals surface area contributed by atoms with E-state index in [0.29, 0.717) is 47.9 Å². The van der Waals surface area contributed by atoms with Crippen LogP contribution >= 0.6 is 0 Å². The van der Waals surface area contributed by atoms with Crippen LogP contribution in [0.1, 0.15) is 100 Å². The first-order valence-corrected chi connectivity index (χ1v) is 17.3. The number of carbonyl (C=O) groups excluding carboxylic acids is 2. The van der Waals surface area contributed by atoms with E-state index in [1.807, 2.05) is 30.0 Å². The molecular weight excluding hydrogens is 582 g/mol. The molecule has 0 spiro atoms. The molecule has 1 aliphatic carbocycles. The molecule has 2 fully saturated rings. The van der Waals surface area contributed by atoms with Gasteiger partial charge in [0.15, 0.2) is 5.60 Å². The molecule has 1 aromatic carbocycles. The number of ether oxygens (including phenoxy) is 3. The molecule has 0 radical (unpaired) electrons. The number of nitrogens with zero attached hydrogens (tertiary/aromatic N) is 3. The molecule has 0 bridgehead atoms. The molecule has 7 rings (SSSR count). The zero-order valence-corrected chi connectivity index (χ0v) is 27.4. The smallest absolute Gasteiger partial charge is 0.415 e. The summed E-state index contributed by atoms with van der Waals surface area (Å²) < 4.78 is 18.8. The van der Waals surface area contributed by atoms with E-state index in [0.717, 1.165) is 59.6 Å². The number of rotatable bonds is 5. The number of esters is 1. The molecule has 1 amide bonds. The molecule has 244 valence electrons. The fourth-order valence-electron chi connectivity index (χ4n) is 8.61.